The van der Waals surface area contributed by atoms with Gasteiger partial charge in [-0.25, -0.2) is 0 Å². The largest absolute Gasteiger partial charge is 0.290 e. The fourth-order valence-electron chi connectivity index (χ4n) is 1.06. The number of rotatable bonds is 5. The van der Waals surface area contributed by atoms with Crippen LogP contribution in [0.3, 0.4) is 0 Å². The second-order valence-corrected chi connectivity index (χ2v) is 4.33. The number of thioether (sulfide) groups is 1. The summed E-state index contributed by atoms with van der Waals surface area (Å²) in [6.07, 6.45) is 1.85. The maximum absolute atomic E-state index is 4.33. The molecule has 0 aliphatic rings. The SMILES string of the molecule is CCSCC/N=C/c1cccc(C)n1. The average molecular weight is 208 g/mol. The molecule has 0 radical (unpaired) electrons. The summed E-state index contributed by atoms with van der Waals surface area (Å²) in [5.41, 5.74) is 1.99. The molecule has 0 aliphatic heterocycles. The molecule has 2 nitrogen and oxygen atoms in total. The van der Waals surface area contributed by atoms with Crippen LogP contribution in [0.15, 0.2) is 23.2 Å². The molecule has 0 N–H and O–H groups in total. The second kappa shape index (κ2) is 6.60. The number of hydrogen-bond acceptors (Lipinski definition) is 3. The van der Waals surface area contributed by atoms with Crippen molar-refractivity contribution >= 4 is 18.0 Å². The van der Waals surface area contributed by atoms with E-state index in [0.717, 1.165) is 29.4 Å². The second-order valence-electron chi connectivity index (χ2n) is 2.94. The minimum atomic E-state index is 0.883. The summed E-state index contributed by atoms with van der Waals surface area (Å²) < 4.78 is 0. The smallest absolute Gasteiger partial charge is 0.0811 e. The van der Waals surface area contributed by atoms with Crippen LogP contribution in [0, 0.1) is 6.92 Å². The monoisotopic (exact) mass is 208 g/mol. The minimum absolute atomic E-state index is 0.883. The highest BCUT2D eigenvalue weighted by molar-refractivity contribution is 7.99. The quantitative estimate of drug-likeness (QED) is 0.549. The molecule has 0 fully saturated rings. The number of pyridine rings is 1. The maximum Gasteiger partial charge on any atom is 0.0811 e. The molecule has 0 saturated carbocycles. The molecule has 0 saturated heterocycles. The number of aromatic nitrogens is 1. The Balaban J connectivity index is 2.36. The zero-order valence-electron chi connectivity index (χ0n) is 8.73. The zero-order chi connectivity index (χ0) is 10.2. The Kier molecular flexibility index (Phi) is 5.30. The van der Waals surface area contributed by atoms with E-state index >= 15 is 0 Å². The molecule has 1 aromatic rings. The molecule has 14 heavy (non-hydrogen) atoms. The van der Waals surface area contributed by atoms with Crippen molar-refractivity contribution in [2.75, 3.05) is 18.1 Å². The summed E-state index contributed by atoms with van der Waals surface area (Å²) in [5.74, 6) is 2.26. The van der Waals surface area contributed by atoms with Gasteiger partial charge in [-0.3, -0.25) is 9.98 Å². The highest BCUT2D eigenvalue weighted by Gasteiger charge is 1.89. The van der Waals surface area contributed by atoms with E-state index in [-0.39, 0.29) is 0 Å². The lowest BCUT2D eigenvalue weighted by atomic mass is 10.3. The summed E-state index contributed by atoms with van der Waals surface area (Å²) in [4.78, 5) is 8.65. The topological polar surface area (TPSA) is 25.2 Å². The van der Waals surface area contributed by atoms with Gasteiger partial charge in [0.1, 0.15) is 0 Å². The van der Waals surface area contributed by atoms with Crippen molar-refractivity contribution in [3.05, 3.63) is 29.6 Å². The summed E-state index contributed by atoms with van der Waals surface area (Å²) in [5, 5.41) is 0. The van der Waals surface area contributed by atoms with Crippen LogP contribution in [-0.4, -0.2) is 29.2 Å². The van der Waals surface area contributed by atoms with Gasteiger partial charge < -0.3 is 0 Å². The van der Waals surface area contributed by atoms with Crippen LogP contribution in [0.5, 0.6) is 0 Å². The average Bonchev–Trinajstić information content (AvgIpc) is 2.18. The van der Waals surface area contributed by atoms with E-state index in [1.165, 1.54) is 0 Å². The van der Waals surface area contributed by atoms with Crippen molar-refractivity contribution in [2.24, 2.45) is 4.99 Å². The molecule has 0 bridgehead atoms. The standard InChI is InChI=1S/C11H16N2S/c1-3-14-8-7-12-9-11-6-4-5-10(2)13-11/h4-6,9H,3,7-8H2,1-2H3/b12-9+. The summed E-state index contributed by atoms with van der Waals surface area (Å²) in [7, 11) is 0. The van der Waals surface area contributed by atoms with E-state index < -0.39 is 0 Å². The first kappa shape index (κ1) is 11.2. The number of hydrogen-bond donors (Lipinski definition) is 0. The highest BCUT2D eigenvalue weighted by atomic mass is 32.2. The lowest BCUT2D eigenvalue weighted by molar-refractivity contribution is 1.13. The molecule has 1 heterocycles. The molecular weight excluding hydrogens is 192 g/mol. The van der Waals surface area contributed by atoms with Crippen molar-refractivity contribution in [3.8, 4) is 0 Å². The van der Waals surface area contributed by atoms with E-state index in [9.17, 15) is 0 Å². The Labute approximate surface area is 89.9 Å². The molecule has 0 spiro atoms. The number of nitrogens with zero attached hydrogens (tertiary/aromatic N) is 2. The van der Waals surface area contributed by atoms with Crippen LogP contribution < -0.4 is 0 Å². The summed E-state index contributed by atoms with van der Waals surface area (Å²) >= 11 is 1.91. The normalized spacial score (nSPS) is 11.0. The molecule has 0 aliphatic carbocycles. The zero-order valence-corrected chi connectivity index (χ0v) is 9.55. The first-order valence-corrected chi connectivity index (χ1v) is 5.99. The Bertz CT molecular complexity index is 297. The van der Waals surface area contributed by atoms with Crippen LogP contribution in [0.25, 0.3) is 0 Å². The van der Waals surface area contributed by atoms with Crippen molar-refractivity contribution < 1.29 is 0 Å². The van der Waals surface area contributed by atoms with Crippen LogP contribution in [0.1, 0.15) is 18.3 Å². The summed E-state index contributed by atoms with van der Waals surface area (Å²) in [6.45, 7) is 5.04. The highest BCUT2D eigenvalue weighted by Crippen LogP contribution is 1.98. The molecular formula is C11H16N2S. The van der Waals surface area contributed by atoms with Crippen molar-refractivity contribution in [2.45, 2.75) is 13.8 Å². The molecule has 3 heteroatoms. The van der Waals surface area contributed by atoms with Gasteiger partial charge in [-0.05, 0) is 24.8 Å². The first-order valence-electron chi connectivity index (χ1n) is 4.84. The fraction of sp³-hybridized carbons (Fsp3) is 0.455. The van der Waals surface area contributed by atoms with E-state index in [4.69, 9.17) is 0 Å². The van der Waals surface area contributed by atoms with Crippen molar-refractivity contribution in [1.29, 1.82) is 0 Å². The molecule has 0 atom stereocenters. The van der Waals surface area contributed by atoms with Crippen LogP contribution >= 0.6 is 11.8 Å². The van der Waals surface area contributed by atoms with E-state index in [0.29, 0.717) is 0 Å². The summed E-state index contributed by atoms with van der Waals surface area (Å²) in [6, 6.07) is 5.97. The number of aryl methyl sites for hydroxylation is 1. The van der Waals surface area contributed by atoms with E-state index in [1.54, 1.807) is 0 Å². The lowest BCUT2D eigenvalue weighted by Crippen LogP contribution is -1.92. The third-order valence-electron chi connectivity index (χ3n) is 1.70. The Morgan fingerprint density at radius 2 is 2.36 bits per heavy atom. The van der Waals surface area contributed by atoms with Gasteiger partial charge >= 0.3 is 0 Å². The predicted molar refractivity (Wildman–Crippen MR) is 64.4 cm³/mol. The molecule has 1 aromatic heterocycles. The van der Waals surface area contributed by atoms with Gasteiger partial charge in [0.15, 0.2) is 0 Å². The van der Waals surface area contributed by atoms with Crippen molar-refractivity contribution in [1.82, 2.24) is 4.98 Å². The van der Waals surface area contributed by atoms with Crippen LogP contribution in [-0.2, 0) is 0 Å². The Morgan fingerprint density at radius 1 is 1.50 bits per heavy atom. The van der Waals surface area contributed by atoms with Gasteiger partial charge in [0.05, 0.1) is 5.69 Å². The molecule has 0 unspecified atom stereocenters. The molecule has 1 rings (SSSR count). The maximum atomic E-state index is 4.33. The van der Waals surface area contributed by atoms with E-state index in [2.05, 4.69) is 16.9 Å². The van der Waals surface area contributed by atoms with Gasteiger partial charge in [-0.2, -0.15) is 11.8 Å². The first-order chi connectivity index (χ1) is 6.83. The van der Waals surface area contributed by atoms with Gasteiger partial charge in [0.2, 0.25) is 0 Å². The van der Waals surface area contributed by atoms with Crippen molar-refractivity contribution in [3.63, 3.8) is 0 Å². The lowest BCUT2D eigenvalue weighted by Gasteiger charge is -1.95. The number of aliphatic imine (C=N–C) groups is 1. The Hall–Kier alpha value is -0.830. The van der Waals surface area contributed by atoms with Gasteiger partial charge in [0, 0.05) is 24.2 Å². The Morgan fingerprint density at radius 3 is 3.07 bits per heavy atom. The van der Waals surface area contributed by atoms with Crippen LogP contribution in [0.2, 0.25) is 0 Å². The van der Waals surface area contributed by atoms with Gasteiger partial charge in [-0.1, -0.05) is 13.0 Å². The van der Waals surface area contributed by atoms with Gasteiger partial charge in [-0.15, -0.1) is 0 Å². The van der Waals surface area contributed by atoms with E-state index in [1.807, 2.05) is 43.1 Å². The third-order valence-corrected chi connectivity index (χ3v) is 2.58. The van der Waals surface area contributed by atoms with Gasteiger partial charge in [0.25, 0.3) is 0 Å². The predicted octanol–water partition coefficient (Wildman–Crippen LogP) is 2.56. The molecule has 76 valence electrons. The molecule has 0 amide bonds. The minimum Gasteiger partial charge on any atom is -0.290 e. The van der Waals surface area contributed by atoms with Crippen LogP contribution in [0.4, 0.5) is 0 Å². The third kappa shape index (κ3) is 4.42. The fourth-order valence-corrected chi connectivity index (χ4v) is 1.58. The molecule has 0 aromatic carbocycles.